The number of piperidine rings is 1. The fourth-order valence-electron chi connectivity index (χ4n) is 2.71. The second-order valence-electron chi connectivity index (χ2n) is 5.56. The third-order valence-corrected chi connectivity index (χ3v) is 3.94. The zero-order valence-corrected chi connectivity index (χ0v) is 13.1. The third kappa shape index (κ3) is 4.76. The zero-order chi connectivity index (χ0) is 15.8. The standard InChI is InChI=1S/C17H24N2O3/c1-18-17(21)14-7-5-11-19(13-14)16(20)10-6-12-22-15-8-3-2-4-9-15/h2-4,8-9,14H,5-7,10-13H2,1H3,(H,18,21)/t14-/m1/s1. The Kier molecular flexibility index (Phi) is 6.25. The molecule has 5 heteroatoms. The van der Waals surface area contributed by atoms with Gasteiger partial charge in [0.15, 0.2) is 0 Å². The normalized spacial score (nSPS) is 17.9. The number of nitrogens with one attached hydrogen (secondary N) is 1. The van der Waals surface area contributed by atoms with E-state index >= 15 is 0 Å². The van der Waals surface area contributed by atoms with E-state index < -0.39 is 0 Å². The Labute approximate surface area is 131 Å². The Balaban J connectivity index is 1.69. The minimum Gasteiger partial charge on any atom is -0.494 e. The first-order valence-electron chi connectivity index (χ1n) is 7.88. The van der Waals surface area contributed by atoms with Crippen LogP contribution in [0.4, 0.5) is 0 Å². The third-order valence-electron chi connectivity index (χ3n) is 3.94. The Morgan fingerprint density at radius 2 is 2.09 bits per heavy atom. The van der Waals surface area contributed by atoms with Crippen LogP contribution in [0.1, 0.15) is 25.7 Å². The lowest BCUT2D eigenvalue weighted by atomic mass is 9.97. The van der Waals surface area contributed by atoms with E-state index in [0.29, 0.717) is 26.0 Å². The number of rotatable bonds is 6. The highest BCUT2D eigenvalue weighted by Gasteiger charge is 2.27. The van der Waals surface area contributed by atoms with Gasteiger partial charge in [-0.15, -0.1) is 0 Å². The minimum atomic E-state index is -0.0664. The van der Waals surface area contributed by atoms with Crippen molar-refractivity contribution in [1.29, 1.82) is 0 Å². The van der Waals surface area contributed by atoms with Crippen LogP contribution in [0.15, 0.2) is 30.3 Å². The number of ether oxygens (including phenoxy) is 1. The number of nitrogens with zero attached hydrogens (tertiary/aromatic N) is 1. The van der Waals surface area contributed by atoms with Gasteiger partial charge in [0.1, 0.15) is 5.75 Å². The summed E-state index contributed by atoms with van der Waals surface area (Å²) in [6, 6.07) is 9.59. The molecule has 0 radical (unpaired) electrons. The van der Waals surface area contributed by atoms with Gasteiger partial charge in [0.05, 0.1) is 12.5 Å². The Bertz CT molecular complexity index is 490. The first-order valence-corrected chi connectivity index (χ1v) is 7.88. The number of hydrogen-bond donors (Lipinski definition) is 1. The molecule has 120 valence electrons. The van der Waals surface area contributed by atoms with E-state index in [0.717, 1.165) is 25.1 Å². The van der Waals surface area contributed by atoms with Crippen molar-refractivity contribution in [3.05, 3.63) is 30.3 Å². The SMILES string of the molecule is CNC(=O)[C@@H]1CCCN(C(=O)CCCOc2ccccc2)C1. The molecule has 1 aliphatic rings. The molecule has 1 aromatic carbocycles. The molecule has 1 aromatic rings. The van der Waals surface area contributed by atoms with Crippen LogP contribution in [0.2, 0.25) is 0 Å². The maximum absolute atomic E-state index is 12.2. The topological polar surface area (TPSA) is 58.6 Å². The summed E-state index contributed by atoms with van der Waals surface area (Å²) >= 11 is 0. The zero-order valence-electron chi connectivity index (χ0n) is 13.1. The van der Waals surface area contributed by atoms with E-state index in [1.54, 1.807) is 7.05 Å². The van der Waals surface area contributed by atoms with E-state index in [-0.39, 0.29) is 17.7 Å². The smallest absolute Gasteiger partial charge is 0.224 e. The van der Waals surface area contributed by atoms with Crippen LogP contribution < -0.4 is 10.1 Å². The predicted molar refractivity (Wildman–Crippen MR) is 84.5 cm³/mol. The van der Waals surface area contributed by atoms with Crippen LogP contribution in [0.3, 0.4) is 0 Å². The lowest BCUT2D eigenvalue weighted by Crippen LogP contribution is -2.44. The Morgan fingerprint density at radius 3 is 2.82 bits per heavy atom. The van der Waals surface area contributed by atoms with Crippen LogP contribution in [0.25, 0.3) is 0 Å². The highest BCUT2D eigenvalue weighted by Crippen LogP contribution is 2.18. The quantitative estimate of drug-likeness (QED) is 0.816. The second-order valence-corrected chi connectivity index (χ2v) is 5.56. The van der Waals surface area contributed by atoms with Crippen LogP contribution in [-0.4, -0.2) is 43.5 Å². The molecule has 0 unspecified atom stereocenters. The van der Waals surface area contributed by atoms with Gasteiger partial charge in [-0.2, -0.15) is 0 Å². The summed E-state index contributed by atoms with van der Waals surface area (Å²) in [5.41, 5.74) is 0. The molecule has 1 N–H and O–H groups in total. The monoisotopic (exact) mass is 304 g/mol. The van der Waals surface area contributed by atoms with Gasteiger partial charge in [-0.3, -0.25) is 9.59 Å². The maximum atomic E-state index is 12.2. The summed E-state index contributed by atoms with van der Waals surface area (Å²) in [6.07, 6.45) is 2.91. The molecule has 1 heterocycles. The number of amides is 2. The lowest BCUT2D eigenvalue weighted by molar-refractivity contribution is -0.135. The number of hydrogen-bond acceptors (Lipinski definition) is 3. The van der Waals surface area contributed by atoms with Crippen molar-refractivity contribution in [2.24, 2.45) is 5.92 Å². The number of carbonyl (C=O) groups excluding carboxylic acids is 2. The molecule has 1 fully saturated rings. The highest BCUT2D eigenvalue weighted by atomic mass is 16.5. The van der Waals surface area contributed by atoms with E-state index in [4.69, 9.17) is 4.74 Å². The Morgan fingerprint density at radius 1 is 1.32 bits per heavy atom. The van der Waals surface area contributed by atoms with E-state index in [1.807, 2.05) is 35.2 Å². The van der Waals surface area contributed by atoms with E-state index in [2.05, 4.69) is 5.32 Å². The molecule has 1 atom stereocenters. The first-order chi connectivity index (χ1) is 10.7. The molecule has 0 bridgehead atoms. The van der Waals surface area contributed by atoms with Crippen LogP contribution in [0.5, 0.6) is 5.75 Å². The number of para-hydroxylation sites is 1. The predicted octanol–water partition coefficient (Wildman–Crippen LogP) is 1.83. The summed E-state index contributed by atoms with van der Waals surface area (Å²) in [7, 11) is 1.64. The average Bonchev–Trinajstić information content (AvgIpc) is 2.59. The fourth-order valence-corrected chi connectivity index (χ4v) is 2.71. The molecule has 1 saturated heterocycles. The summed E-state index contributed by atoms with van der Waals surface area (Å²) in [5.74, 6) is 0.908. The second kappa shape index (κ2) is 8.41. The van der Waals surface area contributed by atoms with Crippen LogP contribution >= 0.6 is 0 Å². The lowest BCUT2D eigenvalue weighted by Gasteiger charge is -2.31. The fraction of sp³-hybridized carbons (Fsp3) is 0.529. The van der Waals surface area contributed by atoms with E-state index in [9.17, 15) is 9.59 Å². The largest absolute Gasteiger partial charge is 0.494 e. The highest BCUT2D eigenvalue weighted by molar-refractivity contribution is 5.81. The van der Waals surface area contributed by atoms with Gasteiger partial charge in [-0.25, -0.2) is 0 Å². The molecule has 22 heavy (non-hydrogen) atoms. The molecule has 0 aromatic heterocycles. The van der Waals surface area contributed by atoms with Gasteiger partial charge in [-0.1, -0.05) is 18.2 Å². The summed E-state index contributed by atoms with van der Waals surface area (Å²) < 4.78 is 5.59. The molecule has 0 saturated carbocycles. The molecular formula is C17H24N2O3. The molecule has 1 aliphatic heterocycles. The molecule has 0 spiro atoms. The molecular weight excluding hydrogens is 280 g/mol. The number of carbonyl (C=O) groups is 2. The van der Waals surface area contributed by atoms with Gasteiger partial charge in [0.25, 0.3) is 0 Å². The van der Waals surface area contributed by atoms with Crippen molar-refractivity contribution in [2.45, 2.75) is 25.7 Å². The molecule has 0 aliphatic carbocycles. The van der Waals surface area contributed by atoms with Crippen LogP contribution in [-0.2, 0) is 9.59 Å². The number of likely N-dealkylation sites (tertiary alicyclic amines) is 1. The molecule has 2 amide bonds. The average molecular weight is 304 g/mol. The first kappa shape index (κ1) is 16.3. The van der Waals surface area contributed by atoms with Gasteiger partial charge >= 0.3 is 0 Å². The van der Waals surface area contributed by atoms with Crippen molar-refractivity contribution in [3.63, 3.8) is 0 Å². The summed E-state index contributed by atoms with van der Waals surface area (Å²) in [5, 5.41) is 2.67. The maximum Gasteiger partial charge on any atom is 0.224 e. The van der Waals surface area contributed by atoms with Crippen molar-refractivity contribution in [3.8, 4) is 5.75 Å². The van der Waals surface area contributed by atoms with Crippen LogP contribution in [0, 0.1) is 5.92 Å². The van der Waals surface area contributed by atoms with Gasteiger partial charge in [0, 0.05) is 26.6 Å². The number of benzene rings is 1. The Hall–Kier alpha value is -2.04. The van der Waals surface area contributed by atoms with Crippen molar-refractivity contribution in [2.75, 3.05) is 26.7 Å². The van der Waals surface area contributed by atoms with Gasteiger partial charge < -0.3 is 15.0 Å². The van der Waals surface area contributed by atoms with E-state index in [1.165, 1.54) is 0 Å². The molecule has 5 nitrogen and oxygen atoms in total. The summed E-state index contributed by atoms with van der Waals surface area (Å²) in [6.45, 7) is 1.83. The van der Waals surface area contributed by atoms with Gasteiger partial charge in [-0.05, 0) is 31.4 Å². The molecule has 2 rings (SSSR count). The van der Waals surface area contributed by atoms with Crippen molar-refractivity contribution < 1.29 is 14.3 Å². The van der Waals surface area contributed by atoms with Crippen molar-refractivity contribution in [1.82, 2.24) is 10.2 Å². The van der Waals surface area contributed by atoms with Crippen molar-refractivity contribution >= 4 is 11.8 Å². The van der Waals surface area contributed by atoms with Gasteiger partial charge in [0.2, 0.25) is 11.8 Å². The minimum absolute atomic E-state index is 0.0323. The summed E-state index contributed by atoms with van der Waals surface area (Å²) in [4.78, 5) is 25.7.